The number of anilines is 1. The lowest BCUT2D eigenvalue weighted by Gasteiger charge is -2.08. The van der Waals surface area contributed by atoms with E-state index in [9.17, 15) is 9.59 Å². The smallest absolute Gasteiger partial charge is 0.248 e. The Hall–Kier alpha value is -2.69. The molecule has 0 saturated carbocycles. The number of rotatable bonds is 4. The van der Waals surface area contributed by atoms with Gasteiger partial charge in [0.05, 0.1) is 5.69 Å². The number of benzene rings is 2. The van der Waals surface area contributed by atoms with Crippen molar-refractivity contribution in [2.45, 2.75) is 12.5 Å². The summed E-state index contributed by atoms with van der Waals surface area (Å²) in [5, 5.41) is 5.26. The van der Waals surface area contributed by atoms with E-state index in [1.807, 2.05) is 36.4 Å². The maximum Gasteiger partial charge on any atom is 0.248 e. The van der Waals surface area contributed by atoms with Crippen molar-refractivity contribution in [1.29, 1.82) is 0 Å². The Balaban J connectivity index is 1.76. The highest BCUT2D eigenvalue weighted by Crippen LogP contribution is 2.28. The third kappa shape index (κ3) is 4.28. The van der Waals surface area contributed by atoms with Crippen molar-refractivity contribution in [1.82, 2.24) is 0 Å². The molecule has 0 radical (unpaired) electrons. The second kappa shape index (κ2) is 8.13. The normalized spacial score (nSPS) is 17.4. The zero-order valence-corrected chi connectivity index (χ0v) is 15.0. The summed E-state index contributed by atoms with van der Waals surface area (Å²) in [6.07, 6.45) is 8.14. The van der Waals surface area contributed by atoms with Crippen LogP contribution in [0, 0.1) is 0 Å². The summed E-state index contributed by atoms with van der Waals surface area (Å²) in [6, 6.07) is 11.3. The molecule has 1 unspecified atom stereocenters. The van der Waals surface area contributed by atoms with E-state index in [-0.39, 0.29) is 11.7 Å². The van der Waals surface area contributed by atoms with E-state index in [2.05, 4.69) is 5.32 Å². The third-order valence-electron chi connectivity index (χ3n) is 4.06. The maximum atomic E-state index is 12.3. The summed E-state index contributed by atoms with van der Waals surface area (Å²) in [6.45, 7) is 0. The Morgan fingerprint density at radius 2 is 2.12 bits per heavy atom. The van der Waals surface area contributed by atoms with Crippen LogP contribution in [0.1, 0.15) is 6.42 Å². The molecule has 1 amide bonds. The van der Waals surface area contributed by atoms with Crippen LogP contribution in [0.2, 0.25) is 5.02 Å². The molecule has 1 aliphatic rings. The van der Waals surface area contributed by atoms with Crippen LogP contribution in [0.25, 0.3) is 10.8 Å². The lowest BCUT2D eigenvalue weighted by atomic mass is 10.1. The highest BCUT2D eigenvalue weighted by molar-refractivity contribution is 6.32. The molecule has 0 spiro atoms. The molecule has 3 rings (SSSR count). The van der Waals surface area contributed by atoms with Crippen molar-refractivity contribution >= 4 is 39.8 Å². The van der Waals surface area contributed by atoms with Crippen molar-refractivity contribution in [3.05, 3.63) is 77.4 Å². The Labute approximate surface area is 156 Å². The van der Waals surface area contributed by atoms with Gasteiger partial charge in [0.15, 0.2) is 5.78 Å². The Bertz CT molecular complexity index is 943. The van der Waals surface area contributed by atoms with Gasteiger partial charge in [0.2, 0.25) is 5.91 Å². The molecule has 2 aromatic rings. The lowest BCUT2D eigenvalue weighted by molar-refractivity contribution is -0.121. The minimum Gasteiger partial charge on any atom is -0.369 e. The second-order valence-corrected chi connectivity index (χ2v) is 6.34. The Kier molecular flexibility index (Phi) is 5.66. The Morgan fingerprint density at radius 3 is 2.92 bits per heavy atom. The largest absolute Gasteiger partial charge is 0.369 e. The summed E-state index contributed by atoms with van der Waals surface area (Å²) in [4.78, 5) is 24.3. The fraction of sp³-hybridized carbons (Fsp3) is 0.143. The molecule has 2 aromatic carbocycles. The number of hydrogen-bond donors (Lipinski definition) is 1. The number of hydrogen-bond acceptors (Lipinski definition) is 3. The summed E-state index contributed by atoms with van der Waals surface area (Å²) >= 11 is 6.13. The molecule has 0 heterocycles. The van der Waals surface area contributed by atoms with Crippen LogP contribution in [0.15, 0.2) is 72.4 Å². The highest BCUT2D eigenvalue weighted by Gasteiger charge is 2.14. The first-order chi connectivity index (χ1) is 12.6. The van der Waals surface area contributed by atoms with Crippen LogP contribution in [0.5, 0.6) is 0 Å². The predicted molar refractivity (Wildman–Crippen MR) is 104 cm³/mol. The van der Waals surface area contributed by atoms with Gasteiger partial charge < -0.3 is 10.1 Å². The standard InChI is InChI=1S/C21H18ClNO3/c1-26-20-8-4-5-14(11-19(20)24)9-10-21(25)23-18-13-16(22)12-15-6-2-3-7-17(15)18/h2-4,6-13,20H,5H2,1H3,(H,23,25)/b10-9+. The van der Waals surface area contributed by atoms with Gasteiger partial charge >= 0.3 is 0 Å². The number of fused-ring (bicyclic) bond motifs is 1. The van der Waals surface area contributed by atoms with Crippen LogP contribution >= 0.6 is 11.6 Å². The van der Waals surface area contributed by atoms with E-state index >= 15 is 0 Å². The zero-order valence-electron chi connectivity index (χ0n) is 14.2. The lowest BCUT2D eigenvalue weighted by Crippen LogP contribution is -2.17. The number of methoxy groups -OCH3 is 1. The summed E-state index contributed by atoms with van der Waals surface area (Å²) in [5.74, 6) is -0.426. The van der Waals surface area contributed by atoms with E-state index in [4.69, 9.17) is 16.3 Å². The average molecular weight is 368 g/mol. The molecule has 1 N–H and O–H groups in total. The monoisotopic (exact) mass is 367 g/mol. The fourth-order valence-corrected chi connectivity index (χ4v) is 3.02. The van der Waals surface area contributed by atoms with Gasteiger partial charge in [-0.2, -0.15) is 0 Å². The van der Waals surface area contributed by atoms with Gasteiger partial charge in [-0.1, -0.05) is 54.1 Å². The minimum absolute atomic E-state index is 0.137. The van der Waals surface area contributed by atoms with E-state index in [1.165, 1.54) is 19.3 Å². The van der Waals surface area contributed by atoms with Crippen LogP contribution in [0.4, 0.5) is 5.69 Å². The number of carbonyl (C=O) groups excluding carboxylic acids is 2. The summed E-state index contributed by atoms with van der Waals surface area (Å²) < 4.78 is 5.09. The van der Waals surface area contributed by atoms with Crippen LogP contribution < -0.4 is 5.32 Å². The van der Waals surface area contributed by atoms with Crippen molar-refractivity contribution in [3.8, 4) is 0 Å². The number of amides is 1. The molecule has 0 fully saturated rings. The highest BCUT2D eigenvalue weighted by atomic mass is 35.5. The zero-order chi connectivity index (χ0) is 18.5. The first-order valence-electron chi connectivity index (χ1n) is 8.18. The third-order valence-corrected chi connectivity index (χ3v) is 4.28. The number of nitrogens with one attached hydrogen (secondary N) is 1. The molecule has 0 aliphatic heterocycles. The molecule has 132 valence electrons. The van der Waals surface area contributed by atoms with Crippen molar-refractivity contribution in [2.75, 3.05) is 12.4 Å². The van der Waals surface area contributed by atoms with Gasteiger partial charge in [-0.15, -0.1) is 0 Å². The van der Waals surface area contributed by atoms with E-state index in [0.29, 0.717) is 17.1 Å². The Morgan fingerprint density at radius 1 is 1.31 bits per heavy atom. The SMILES string of the molecule is COC1C=CCC(/C=C/C(=O)Nc2cc(Cl)cc3ccccc23)=CC1=O. The molecule has 0 bridgehead atoms. The molecule has 4 nitrogen and oxygen atoms in total. The van der Waals surface area contributed by atoms with Gasteiger partial charge in [-0.3, -0.25) is 9.59 Å². The average Bonchev–Trinajstić information content (AvgIpc) is 2.80. The number of ether oxygens (including phenoxy) is 1. The van der Waals surface area contributed by atoms with Crippen LogP contribution in [-0.4, -0.2) is 24.9 Å². The minimum atomic E-state index is -0.562. The van der Waals surface area contributed by atoms with Crippen molar-refractivity contribution in [3.63, 3.8) is 0 Å². The first-order valence-corrected chi connectivity index (χ1v) is 8.56. The van der Waals surface area contributed by atoms with Gasteiger partial charge in [0.25, 0.3) is 0 Å². The van der Waals surface area contributed by atoms with E-state index < -0.39 is 6.10 Å². The predicted octanol–water partition coefficient (Wildman–Crippen LogP) is 4.46. The number of ketones is 1. The maximum absolute atomic E-state index is 12.3. The van der Waals surface area contributed by atoms with E-state index in [1.54, 1.807) is 18.2 Å². The van der Waals surface area contributed by atoms with Crippen LogP contribution in [-0.2, 0) is 14.3 Å². The molecular formula is C21H18ClNO3. The molecule has 1 aliphatic carbocycles. The van der Waals surface area contributed by atoms with Gasteiger partial charge in [0, 0.05) is 23.6 Å². The summed E-state index contributed by atoms with van der Waals surface area (Å²) in [5.41, 5.74) is 1.39. The van der Waals surface area contributed by atoms with Gasteiger partial charge in [-0.25, -0.2) is 0 Å². The van der Waals surface area contributed by atoms with Crippen molar-refractivity contribution in [2.24, 2.45) is 0 Å². The first kappa shape index (κ1) is 18.1. The van der Waals surface area contributed by atoms with Gasteiger partial charge in [-0.05, 0) is 35.6 Å². The van der Waals surface area contributed by atoms with Crippen molar-refractivity contribution < 1.29 is 14.3 Å². The molecule has 0 saturated heterocycles. The molecule has 1 atom stereocenters. The second-order valence-electron chi connectivity index (χ2n) is 5.91. The molecular weight excluding hydrogens is 350 g/mol. The number of allylic oxidation sites excluding steroid dienone is 3. The van der Waals surface area contributed by atoms with Crippen LogP contribution in [0.3, 0.4) is 0 Å². The molecule has 5 heteroatoms. The fourth-order valence-electron chi connectivity index (χ4n) is 2.79. The van der Waals surface area contributed by atoms with E-state index in [0.717, 1.165) is 16.3 Å². The molecule has 0 aromatic heterocycles. The van der Waals surface area contributed by atoms with Gasteiger partial charge in [0.1, 0.15) is 6.10 Å². The summed E-state index contributed by atoms with van der Waals surface area (Å²) in [7, 11) is 1.49. The topological polar surface area (TPSA) is 55.4 Å². The quantitative estimate of drug-likeness (QED) is 0.641. The number of halogens is 1. The number of carbonyl (C=O) groups is 2. The molecule has 26 heavy (non-hydrogen) atoms.